The van der Waals surface area contributed by atoms with Crippen molar-refractivity contribution in [3.05, 3.63) is 30.3 Å². The number of nitrogen functional groups attached to an aromatic ring is 2. The zero-order valence-corrected chi connectivity index (χ0v) is 6.49. The predicted octanol–water partition coefficient (Wildman–Crippen LogP) is 1.40. The molecule has 1 aromatic heterocycles. The molecule has 0 bridgehead atoms. The van der Waals surface area contributed by atoms with Gasteiger partial charge in [0.25, 0.3) is 0 Å². The first-order chi connectivity index (χ1) is 5.75. The number of hydrogen-bond acceptors (Lipinski definition) is 3. The molecule has 0 radical (unpaired) electrons. The van der Waals surface area contributed by atoms with Crippen molar-refractivity contribution in [2.24, 2.45) is 0 Å². The van der Waals surface area contributed by atoms with Gasteiger partial charge in [-0.25, -0.2) is 4.98 Å². The summed E-state index contributed by atoms with van der Waals surface area (Å²) in [6, 6.07) is 9.29. The minimum absolute atomic E-state index is 0.521. The van der Waals surface area contributed by atoms with Gasteiger partial charge in [-0.05, 0) is 24.3 Å². The monoisotopic (exact) mass is 159 g/mol. The maximum absolute atomic E-state index is 5.59. The van der Waals surface area contributed by atoms with Gasteiger partial charge in [0.2, 0.25) is 0 Å². The van der Waals surface area contributed by atoms with Crippen LogP contribution in [0.25, 0.3) is 10.9 Å². The zero-order chi connectivity index (χ0) is 8.55. The largest absolute Gasteiger partial charge is 0.399 e. The first kappa shape index (κ1) is 6.91. The summed E-state index contributed by atoms with van der Waals surface area (Å²) in [4.78, 5) is 4.13. The lowest BCUT2D eigenvalue weighted by Gasteiger charge is -1.98. The van der Waals surface area contributed by atoms with E-state index in [0.717, 1.165) is 10.9 Å². The summed E-state index contributed by atoms with van der Waals surface area (Å²) in [6.07, 6.45) is 0. The topological polar surface area (TPSA) is 64.9 Å². The average molecular weight is 159 g/mol. The molecule has 0 aliphatic heterocycles. The molecule has 2 rings (SSSR count). The third-order valence-corrected chi connectivity index (χ3v) is 1.74. The number of benzene rings is 1. The van der Waals surface area contributed by atoms with Crippen molar-refractivity contribution in [1.82, 2.24) is 4.98 Å². The van der Waals surface area contributed by atoms with Crippen LogP contribution in [-0.2, 0) is 0 Å². The Kier molecular flexibility index (Phi) is 1.37. The fraction of sp³-hybridized carbons (Fsp3) is 0. The van der Waals surface area contributed by atoms with Crippen molar-refractivity contribution < 1.29 is 0 Å². The quantitative estimate of drug-likeness (QED) is 0.571. The summed E-state index contributed by atoms with van der Waals surface area (Å²) in [7, 11) is 0. The smallest absolute Gasteiger partial charge is 0.124 e. The van der Waals surface area contributed by atoms with E-state index in [1.807, 2.05) is 24.3 Å². The summed E-state index contributed by atoms with van der Waals surface area (Å²) in [6.45, 7) is 0. The van der Waals surface area contributed by atoms with E-state index >= 15 is 0 Å². The highest BCUT2D eigenvalue weighted by atomic mass is 14.8. The SMILES string of the molecule is Nc1ccc2ccc(N)nc2c1. The van der Waals surface area contributed by atoms with Crippen LogP contribution in [0, 0.1) is 0 Å². The normalized spacial score (nSPS) is 10.3. The van der Waals surface area contributed by atoms with Gasteiger partial charge in [-0.1, -0.05) is 6.07 Å². The Labute approximate surface area is 70.0 Å². The van der Waals surface area contributed by atoms with Crippen LogP contribution in [0.4, 0.5) is 11.5 Å². The van der Waals surface area contributed by atoms with E-state index in [1.165, 1.54) is 0 Å². The van der Waals surface area contributed by atoms with Crippen LogP contribution in [0.3, 0.4) is 0 Å². The molecular formula is C9H9N3. The third kappa shape index (κ3) is 1.05. The molecule has 12 heavy (non-hydrogen) atoms. The Hall–Kier alpha value is -1.77. The fourth-order valence-electron chi connectivity index (χ4n) is 1.15. The molecule has 1 aromatic carbocycles. The van der Waals surface area contributed by atoms with E-state index in [0.29, 0.717) is 11.5 Å². The lowest BCUT2D eigenvalue weighted by molar-refractivity contribution is 1.42. The Balaban J connectivity index is 2.80. The lowest BCUT2D eigenvalue weighted by atomic mass is 10.2. The van der Waals surface area contributed by atoms with Crippen molar-refractivity contribution in [3.8, 4) is 0 Å². The predicted molar refractivity (Wildman–Crippen MR) is 50.6 cm³/mol. The number of anilines is 2. The Morgan fingerprint density at radius 1 is 1.00 bits per heavy atom. The van der Waals surface area contributed by atoms with E-state index in [-0.39, 0.29) is 0 Å². The molecule has 0 fully saturated rings. The van der Waals surface area contributed by atoms with E-state index in [4.69, 9.17) is 11.5 Å². The molecule has 3 nitrogen and oxygen atoms in total. The van der Waals surface area contributed by atoms with Gasteiger partial charge in [-0.3, -0.25) is 0 Å². The molecule has 60 valence electrons. The van der Waals surface area contributed by atoms with Crippen LogP contribution in [0.5, 0.6) is 0 Å². The molecule has 0 amide bonds. The van der Waals surface area contributed by atoms with Crippen molar-refractivity contribution in [2.75, 3.05) is 11.5 Å². The molecule has 3 heteroatoms. The molecule has 0 spiro atoms. The number of hydrogen-bond donors (Lipinski definition) is 2. The van der Waals surface area contributed by atoms with Crippen LogP contribution in [0.1, 0.15) is 0 Å². The number of fused-ring (bicyclic) bond motifs is 1. The number of rotatable bonds is 0. The third-order valence-electron chi connectivity index (χ3n) is 1.74. The minimum atomic E-state index is 0.521. The van der Waals surface area contributed by atoms with Gasteiger partial charge < -0.3 is 11.5 Å². The van der Waals surface area contributed by atoms with Gasteiger partial charge in [0.1, 0.15) is 5.82 Å². The lowest BCUT2D eigenvalue weighted by Crippen LogP contribution is -1.90. The van der Waals surface area contributed by atoms with Crippen LogP contribution < -0.4 is 11.5 Å². The van der Waals surface area contributed by atoms with Crippen LogP contribution in [0.15, 0.2) is 30.3 Å². The number of nitrogens with zero attached hydrogens (tertiary/aromatic N) is 1. The first-order valence-corrected chi connectivity index (χ1v) is 3.67. The molecule has 1 heterocycles. The maximum Gasteiger partial charge on any atom is 0.124 e. The Morgan fingerprint density at radius 2 is 1.75 bits per heavy atom. The second-order valence-electron chi connectivity index (χ2n) is 2.69. The van der Waals surface area contributed by atoms with Crippen molar-refractivity contribution in [3.63, 3.8) is 0 Å². The van der Waals surface area contributed by atoms with Crippen molar-refractivity contribution in [1.29, 1.82) is 0 Å². The fourth-order valence-corrected chi connectivity index (χ4v) is 1.15. The average Bonchev–Trinajstić information content (AvgIpc) is 2.03. The van der Waals surface area contributed by atoms with Crippen molar-refractivity contribution >= 4 is 22.4 Å². The van der Waals surface area contributed by atoms with Crippen LogP contribution >= 0.6 is 0 Å². The summed E-state index contributed by atoms with van der Waals surface area (Å²) in [5.41, 5.74) is 12.7. The van der Waals surface area contributed by atoms with E-state index in [9.17, 15) is 0 Å². The summed E-state index contributed by atoms with van der Waals surface area (Å²) in [5.74, 6) is 0.521. The summed E-state index contributed by atoms with van der Waals surface area (Å²) < 4.78 is 0. The van der Waals surface area contributed by atoms with Gasteiger partial charge in [0.05, 0.1) is 5.52 Å². The first-order valence-electron chi connectivity index (χ1n) is 3.67. The van der Waals surface area contributed by atoms with Crippen LogP contribution in [-0.4, -0.2) is 4.98 Å². The highest BCUT2D eigenvalue weighted by Gasteiger charge is 1.94. The van der Waals surface area contributed by atoms with Gasteiger partial charge in [0.15, 0.2) is 0 Å². The molecule has 0 atom stereocenters. The second-order valence-corrected chi connectivity index (χ2v) is 2.69. The molecular weight excluding hydrogens is 150 g/mol. The molecule has 0 aliphatic carbocycles. The molecule has 0 aliphatic rings. The van der Waals surface area contributed by atoms with E-state index < -0.39 is 0 Å². The molecule has 4 N–H and O–H groups in total. The van der Waals surface area contributed by atoms with Gasteiger partial charge in [-0.15, -0.1) is 0 Å². The van der Waals surface area contributed by atoms with Gasteiger partial charge >= 0.3 is 0 Å². The highest BCUT2D eigenvalue weighted by Crippen LogP contribution is 2.16. The van der Waals surface area contributed by atoms with Gasteiger partial charge in [-0.2, -0.15) is 0 Å². The summed E-state index contributed by atoms with van der Waals surface area (Å²) in [5, 5.41) is 1.05. The number of aromatic nitrogens is 1. The Morgan fingerprint density at radius 3 is 2.58 bits per heavy atom. The second kappa shape index (κ2) is 2.37. The standard InChI is InChI=1S/C9H9N3/c10-7-3-1-6-2-4-9(11)12-8(6)5-7/h1-5H,10H2,(H2,11,12). The maximum atomic E-state index is 5.59. The highest BCUT2D eigenvalue weighted by molar-refractivity contribution is 5.82. The number of nitrogens with two attached hydrogens (primary N) is 2. The summed E-state index contributed by atoms with van der Waals surface area (Å²) >= 11 is 0. The van der Waals surface area contributed by atoms with E-state index in [2.05, 4.69) is 4.98 Å². The van der Waals surface area contributed by atoms with E-state index in [1.54, 1.807) is 6.07 Å². The van der Waals surface area contributed by atoms with Crippen molar-refractivity contribution in [2.45, 2.75) is 0 Å². The molecule has 0 saturated heterocycles. The molecule has 0 unspecified atom stereocenters. The molecule has 2 aromatic rings. The molecule has 0 saturated carbocycles. The zero-order valence-electron chi connectivity index (χ0n) is 6.49. The minimum Gasteiger partial charge on any atom is -0.399 e. The Bertz CT molecular complexity index is 386. The van der Waals surface area contributed by atoms with Crippen LogP contribution in [0.2, 0.25) is 0 Å². The number of pyridine rings is 1. The van der Waals surface area contributed by atoms with Gasteiger partial charge in [0, 0.05) is 11.1 Å².